The van der Waals surface area contributed by atoms with Gasteiger partial charge in [0.2, 0.25) is 5.89 Å². The van der Waals surface area contributed by atoms with E-state index in [1.807, 2.05) is 24.3 Å². The molecule has 0 bridgehead atoms. The van der Waals surface area contributed by atoms with E-state index in [-0.39, 0.29) is 0 Å². The maximum Gasteiger partial charge on any atom is 0.230 e. The summed E-state index contributed by atoms with van der Waals surface area (Å²) in [4.78, 5) is 4.57. The molecule has 0 aliphatic heterocycles. The highest BCUT2D eigenvalue weighted by molar-refractivity contribution is 5.35. The van der Waals surface area contributed by atoms with Gasteiger partial charge in [0.1, 0.15) is 5.75 Å². The third kappa shape index (κ3) is 2.93. The molecule has 1 saturated carbocycles. The van der Waals surface area contributed by atoms with Gasteiger partial charge in [-0.2, -0.15) is 4.98 Å². The van der Waals surface area contributed by atoms with Crippen molar-refractivity contribution in [2.45, 2.75) is 31.6 Å². The highest BCUT2D eigenvalue weighted by Gasteiger charge is 2.31. The predicted molar refractivity (Wildman–Crippen MR) is 79.2 cm³/mol. The number of aromatic nitrogens is 2. The zero-order valence-electron chi connectivity index (χ0n) is 12.3. The van der Waals surface area contributed by atoms with Crippen LogP contribution in [0.1, 0.15) is 42.5 Å². The Morgan fingerprint density at radius 1 is 1.33 bits per heavy atom. The van der Waals surface area contributed by atoms with Crippen LogP contribution in [0.5, 0.6) is 5.75 Å². The minimum absolute atomic E-state index is 0.328. The van der Waals surface area contributed by atoms with Crippen molar-refractivity contribution in [3.8, 4) is 5.75 Å². The number of benzene rings is 1. The van der Waals surface area contributed by atoms with Gasteiger partial charge in [0.25, 0.3) is 0 Å². The van der Waals surface area contributed by atoms with E-state index in [9.17, 15) is 0 Å². The third-order valence-electron chi connectivity index (χ3n) is 4.30. The van der Waals surface area contributed by atoms with Crippen molar-refractivity contribution in [3.63, 3.8) is 0 Å². The van der Waals surface area contributed by atoms with Crippen molar-refractivity contribution in [1.29, 1.82) is 0 Å². The fourth-order valence-corrected chi connectivity index (χ4v) is 3.15. The average Bonchev–Trinajstić information content (AvgIpc) is 3.16. The van der Waals surface area contributed by atoms with Gasteiger partial charge in [0.05, 0.1) is 7.11 Å². The lowest BCUT2D eigenvalue weighted by molar-refractivity contribution is 0.323. The van der Waals surface area contributed by atoms with Gasteiger partial charge < -0.3 is 15.0 Å². The van der Waals surface area contributed by atoms with E-state index in [0.717, 1.165) is 30.0 Å². The number of hydrogen-bond donors (Lipinski definition) is 1. The minimum Gasteiger partial charge on any atom is -0.496 e. The van der Waals surface area contributed by atoms with Crippen LogP contribution in [-0.4, -0.2) is 23.8 Å². The van der Waals surface area contributed by atoms with Crippen molar-refractivity contribution in [2.24, 2.45) is 11.7 Å². The molecule has 1 aromatic carbocycles. The summed E-state index contributed by atoms with van der Waals surface area (Å²) in [5.74, 6) is 3.10. The SMILES string of the molecule is COc1ccccc1Cc1noc(C2CCCC2CN)n1. The standard InChI is InChI=1S/C16H21N3O2/c1-20-14-8-3-2-5-11(14)9-15-18-16(21-19-15)13-7-4-6-12(13)10-17/h2-3,5,8,12-13H,4,6-7,9-10,17H2,1H3. The first-order valence-electron chi connectivity index (χ1n) is 7.46. The lowest BCUT2D eigenvalue weighted by Gasteiger charge is -2.12. The molecule has 2 aromatic rings. The largest absolute Gasteiger partial charge is 0.496 e. The Kier molecular flexibility index (Phi) is 4.20. The summed E-state index contributed by atoms with van der Waals surface area (Å²) in [7, 11) is 1.67. The second kappa shape index (κ2) is 6.26. The quantitative estimate of drug-likeness (QED) is 0.914. The van der Waals surface area contributed by atoms with E-state index < -0.39 is 0 Å². The molecule has 0 spiro atoms. The molecule has 0 saturated heterocycles. The number of nitrogens with two attached hydrogens (primary N) is 1. The zero-order chi connectivity index (χ0) is 14.7. The van der Waals surface area contributed by atoms with E-state index >= 15 is 0 Å². The van der Waals surface area contributed by atoms with E-state index in [0.29, 0.717) is 30.6 Å². The van der Waals surface area contributed by atoms with Gasteiger partial charge >= 0.3 is 0 Å². The number of nitrogens with zero attached hydrogens (tertiary/aromatic N) is 2. The van der Waals surface area contributed by atoms with Crippen LogP contribution in [0.3, 0.4) is 0 Å². The molecule has 112 valence electrons. The minimum atomic E-state index is 0.328. The maximum absolute atomic E-state index is 5.82. The highest BCUT2D eigenvalue weighted by Crippen LogP contribution is 2.38. The van der Waals surface area contributed by atoms with Crippen LogP contribution in [0, 0.1) is 5.92 Å². The van der Waals surface area contributed by atoms with Crippen LogP contribution in [0.15, 0.2) is 28.8 Å². The Labute approximate surface area is 124 Å². The topological polar surface area (TPSA) is 74.2 Å². The summed E-state index contributed by atoms with van der Waals surface area (Å²) in [5.41, 5.74) is 6.89. The lowest BCUT2D eigenvalue weighted by atomic mass is 9.96. The van der Waals surface area contributed by atoms with Crippen LogP contribution >= 0.6 is 0 Å². The molecule has 2 unspecified atom stereocenters. The summed E-state index contributed by atoms with van der Waals surface area (Å²) >= 11 is 0. The summed E-state index contributed by atoms with van der Waals surface area (Å²) in [6, 6.07) is 7.90. The van der Waals surface area contributed by atoms with Gasteiger partial charge in [-0.15, -0.1) is 0 Å². The second-order valence-corrected chi connectivity index (χ2v) is 5.57. The molecule has 1 heterocycles. The van der Waals surface area contributed by atoms with Crippen LogP contribution in [-0.2, 0) is 6.42 Å². The van der Waals surface area contributed by atoms with Crippen molar-refractivity contribution < 1.29 is 9.26 Å². The molecule has 2 N–H and O–H groups in total. The number of rotatable bonds is 5. The number of ether oxygens (including phenoxy) is 1. The zero-order valence-corrected chi connectivity index (χ0v) is 12.3. The molecule has 0 radical (unpaired) electrons. The molecular formula is C16H21N3O2. The van der Waals surface area contributed by atoms with Gasteiger partial charge in [0, 0.05) is 17.9 Å². The fraction of sp³-hybridized carbons (Fsp3) is 0.500. The molecule has 1 aromatic heterocycles. The van der Waals surface area contributed by atoms with Gasteiger partial charge in [0.15, 0.2) is 5.82 Å². The molecule has 21 heavy (non-hydrogen) atoms. The molecule has 5 nitrogen and oxygen atoms in total. The molecule has 1 aliphatic carbocycles. The Bertz CT molecular complexity index is 597. The first-order valence-corrected chi connectivity index (χ1v) is 7.46. The van der Waals surface area contributed by atoms with E-state index in [1.54, 1.807) is 7.11 Å². The lowest BCUT2D eigenvalue weighted by Crippen LogP contribution is -2.17. The third-order valence-corrected chi connectivity index (χ3v) is 4.30. The van der Waals surface area contributed by atoms with E-state index in [2.05, 4.69) is 10.1 Å². The first kappa shape index (κ1) is 14.1. The fourth-order valence-electron chi connectivity index (χ4n) is 3.15. The van der Waals surface area contributed by atoms with Gasteiger partial charge in [-0.3, -0.25) is 0 Å². The summed E-state index contributed by atoms with van der Waals surface area (Å²) in [6.45, 7) is 0.689. The van der Waals surface area contributed by atoms with Gasteiger partial charge in [-0.05, 0) is 31.4 Å². The van der Waals surface area contributed by atoms with Crippen LogP contribution < -0.4 is 10.5 Å². The Hall–Kier alpha value is -1.88. The van der Waals surface area contributed by atoms with Crippen molar-refractivity contribution >= 4 is 0 Å². The van der Waals surface area contributed by atoms with Crippen molar-refractivity contribution in [3.05, 3.63) is 41.5 Å². The number of methoxy groups -OCH3 is 1. The Morgan fingerprint density at radius 2 is 2.19 bits per heavy atom. The summed E-state index contributed by atoms with van der Waals surface area (Å²) < 4.78 is 10.8. The summed E-state index contributed by atoms with van der Waals surface area (Å²) in [6.07, 6.45) is 4.06. The second-order valence-electron chi connectivity index (χ2n) is 5.57. The molecule has 1 aliphatic rings. The van der Waals surface area contributed by atoms with Gasteiger partial charge in [-0.25, -0.2) is 0 Å². The average molecular weight is 287 g/mol. The molecule has 5 heteroatoms. The van der Waals surface area contributed by atoms with Gasteiger partial charge in [-0.1, -0.05) is 29.8 Å². The monoisotopic (exact) mass is 287 g/mol. The normalized spacial score (nSPS) is 21.6. The number of hydrogen-bond acceptors (Lipinski definition) is 5. The van der Waals surface area contributed by atoms with Crippen molar-refractivity contribution in [1.82, 2.24) is 10.1 Å². The Morgan fingerprint density at radius 3 is 3.00 bits per heavy atom. The van der Waals surface area contributed by atoms with E-state index in [1.165, 1.54) is 6.42 Å². The molecule has 3 rings (SSSR count). The maximum atomic E-state index is 5.82. The van der Waals surface area contributed by atoms with Crippen molar-refractivity contribution in [2.75, 3.05) is 13.7 Å². The van der Waals surface area contributed by atoms with Crippen LogP contribution in [0.2, 0.25) is 0 Å². The molecule has 0 amide bonds. The Balaban J connectivity index is 1.76. The predicted octanol–water partition coefficient (Wildman–Crippen LogP) is 2.51. The van der Waals surface area contributed by atoms with E-state index in [4.69, 9.17) is 15.0 Å². The number of para-hydroxylation sites is 1. The smallest absolute Gasteiger partial charge is 0.230 e. The summed E-state index contributed by atoms with van der Waals surface area (Å²) in [5, 5.41) is 4.12. The molecule has 2 atom stereocenters. The highest BCUT2D eigenvalue weighted by atomic mass is 16.5. The first-order chi connectivity index (χ1) is 10.3. The molecular weight excluding hydrogens is 266 g/mol. The van der Waals surface area contributed by atoms with Crippen LogP contribution in [0.25, 0.3) is 0 Å². The van der Waals surface area contributed by atoms with Crippen LogP contribution in [0.4, 0.5) is 0 Å². The molecule has 1 fully saturated rings.